The summed E-state index contributed by atoms with van der Waals surface area (Å²) in [5, 5.41) is 11.2. The highest BCUT2D eigenvalue weighted by molar-refractivity contribution is 7.15. The van der Waals surface area contributed by atoms with Gasteiger partial charge in [-0.3, -0.25) is 0 Å². The van der Waals surface area contributed by atoms with Crippen molar-refractivity contribution in [2.75, 3.05) is 11.4 Å². The predicted octanol–water partition coefficient (Wildman–Crippen LogP) is 4.16. The molecule has 2 rings (SSSR count). The van der Waals surface area contributed by atoms with Crippen LogP contribution in [-0.4, -0.2) is 22.7 Å². The maximum absolute atomic E-state index is 10.1. The van der Waals surface area contributed by atoms with Gasteiger partial charge in [-0.2, -0.15) is 0 Å². The van der Waals surface area contributed by atoms with Crippen LogP contribution in [0.2, 0.25) is 0 Å². The number of hydrogen-bond acceptors (Lipinski definition) is 4. The third-order valence-electron chi connectivity index (χ3n) is 4.10. The lowest BCUT2D eigenvalue weighted by Gasteiger charge is -2.31. The monoisotopic (exact) mass is 296 g/mol. The van der Waals surface area contributed by atoms with Gasteiger partial charge in [0.2, 0.25) is 0 Å². The minimum absolute atomic E-state index is 0.341. The Bertz CT molecular complexity index is 426. The van der Waals surface area contributed by atoms with Crippen LogP contribution >= 0.6 is 11.3 Å². The van der Waals surface area contributed by atoms with Crippen molar-refractivity contribution in [3.63, 3.8) is 0 Å². The van der Waals surface area contributed by atoms with Crippen molar-refractivity contribution in [1.29, 1.82) is 0 Å². The highest BCUT2D eigenvalue weighted by Crippen LogP contribution is 2.37. The van der Waals surface area contributed by atoms with E-state index in [1.165, 1.54) is 4.88 Å². The highest BCUT2D eigenvalue weighted by Gasteiger charge is 2.27. The Hall–Kier alpha value is -0.610. The SMILES string of the molecule is CCC(CC)N(CC(C)C)c1nc2c(s1)CCCC2O. The Morgan fingerprint density at radius 1 is 1.35 bits per heavy atom. The first-order valence-electron chi connectivity index (χ1n) is 8.01. The van der Waals surface area contributed by atoms with Gasteiger partial charge in [-0.05, 0) is 38.0 Å². The average Bonchev–Trinajstić information content (AvgIpc) is 2.84. The van der Waals surface area contributed by atoms with Crippen LogP contribution in [0, 0.1) is 5.92 Å². The van der Waals surface area contributed by atoms with Gasteiger partial charge in [-0.15, -0.1) is 11.3 Å². The van der Waals surface area contributed by atoms with Gasteiger partial charge in [0.15, 0.2) is 5.13 Å². The van der Waals surface area contributed by atoms with Crippen molar-refractivity contribution < 1.29 is 5.11 Å². The molecule has 114 valence electrons. The lowest BCUT2D eigenvalue weighted by atomic mass is 10.0. The molecule has 1 unspecified atom stereocenters. The van der Waals surface area contributed by atoms with Gasteiger partial charge >= 0.3 is 0 Å². The Labute approximate surface area is 127 Å². The summed E-state index contributed by atoms with van der Waals surface area (Å²) in [7, 11) is 0. The van der Waals surface area contributed by atoms with Crippen LogP contribution in [0.15, 0.2) is 0 Å². The third-order valence-corrected chi connectivity index (χ3v) is 5.27. The molecule has 1 aliphatic rings. The van der Waals surface area contributed by atoms with E-state index >= 15 is 0 Å². The summed E-state index contributed by atoms with van der Waals surface area (Å²) in [5.41, 5.74) is 0.955. The van der Waals surface area contributed by atoms with E-state index < -0.39 is 0 Å². The van der Waals surface area contributed by atoms with Gasteiger partial charge in [0.05, 0.1) is 11.8 Å². The highest BCUT2D eigenvalue weighted by atomic mass is 32.1. The average molecular weight is 296 g/mol. The van der Waals surface area contributed by atoms with Crippen molar-refractivity contribution in [2.45, 2.75) is 71.9 Å². The van der Waals surface area contributed by atoms with Gasteiger partial charge in [0.25, 0.3) is 0 Å². The molecule has 1 atom stereocenters. The molecule has 20 heavy (non-hydrogen) atoms. The first-order chi connectivity index (χ1) is 9.56. The molecule has 1 heterocycles. The fourth-order valence-electron chi connectivity index (χ4n) is 3.01. The number of thiazole rings is 1. The molecule has 1 aromatic heterocycles. The molecule has 0 saturated heterocycles. The molecule has 0 bridgehead atoms. The van der Waals surface area contributed by atoms with Crippen LogP contribution in [-0.2, 0) is 6.42 Å². The van der Waals surface area contributed by atoms with Gasteiger partial charge < -0.3 is 10.0 Å². The van der Waals surface area contributed by atoms with E-state index in [0.29, 0.717) is 12.0 Å². The molecule has 3 nitrogen and oxygen atoms in total. The number of nitrogens with zero attached hydrogens (tertiary/aromatic N) is 2. The molecule has 4 heteroatoms. The molecule has 1 N–H and O–H groups in total. The zero-order chi connectivity index (χ0) is 14.7. The van der Waals surface area contributed by atoms with E-state index in [4.69, 9.17) is 4.98 Å². The van der Waals surface area contributed by atoms with Crippen molar-refractivity contribution in [1.82, 2.24) is 4.98 Å². The lowest BCUT2D eigenvalue weighted by Crippen LogP contribution is -2.37. The number of aryl methyl sites for hydroxylation is 1. The molecule has 0 aliphatic heterocycles. The molecule has 0 fully saturated rings. The molecule has 0 aromatic carbocycles. The van der Waals surface area contributed by atoms with Gasteiger partial charge in [-0.25, -0.2) is 4.98 Å². The number of aliphatic hydroxyl groups excluding tert-OH is 1. The van der Waals surface area contributed by atoms with Crippen LogP contribution in [0.5, 0.6) is 0 Å². The predicted molar refractivity (Wildman–Crippen MR) is 86.6 cm³/mol. The number of hydrogen-bond donors (Lipinski definition) is 1. The number of fused-ring (bicyclic) bond motifs is 1. The maximum Gasteiger partial charge on any atom is 0.186 e. The summed E-state index contributed by atoms with van der Waals surface area (Å²) < 4.78 is 0. The van der Waals surface area contributed by atoms with Crippen molar-refractivity contribution in [3.8, 4) is 0 Å². The second-order valence-electron chi connectivity index (χ2n) is 6.23. The van der Waals surface area contributed by atoms with Crippen LogP contribution < -0.4 is 4.90 Å². The second-order valence-corrected chi connectivity index (χ2v) is 7.29. The second kappa shape index (κ2) is 6.90. The third kappa shape index (κ3) is 3.34. The summed E-state index contributed by atoms with van der Waals surface area (Å²) in [6.07, 6.45) is 5.00. The number of anilines is 1. The molecule has 1 aromatic rings. The van der Waals surface area contributed by atoms with Crippen molar-refractivity contribution in [2.24, 2.45) is 5.92 Å². The van der Waals surface area contributed by atoms with E-state index in [9.17, 15) is 5.11 Å². The van der Waals surface area contributed by atoms with Crippen LogP contribution in [0.1, 0.15) is 70.1 Å². The summed E-state index contributed by atoms with van der Waals surface area (Å²) in [4.78, 5) is 8.57. The standard InChI is InChI=1S/C16H28N2OS/c1-5-12(6-2)18(10-11(3)4)16-17-15-13(19)8-7-9-14(15)20-16/h11-13,19H,5-10H2,1-4H3. The van der Waals surface area contributed by atoms with E-state index in [2.05, 4.69) is 32.6 Å². The zero-order valence-corrected chi connectivity index (χ0v) is 14.0. The fourth-order valence-corrected chi connectivity index (χ4v) is 4.25. The zero-order valence-electron chi connectivity index (χ0n) is 13.2. The normalized spacial score (nSPS) is 18.6. The maximum atomic E-state index is 10.1. The largest absolute Gasteiger partial charge is 0.387 e. The Morgan fingerprint density at radius 3 is 2.60 bits per heavy atom. The van der Waals surface area contributed by atoms with Crippen LogP contribution in [0.4, 0.5) is 5.13 Å². The first-order valence-corrected chi connectivity index (χ1v) is 8.82. The summed E-state index contributed by atoms with van der Waals surface area (Å²) in [5.74, 6) is 0.626. The Morgan fingerprint density at radius 2 is 2.05 bits per heavy atom. The van der Waals surface area contributed by atoms with Crippen molar-refractivity contribution >= 4 is 16.5 Å². The lowest BCUT2D eigenvalue weighted by molar-refractivity contribution is 0.153. The molecular weight excluding hydrogens is 268 g/mol. The summed E-state index contributed by atoms with van der Waals surface area (Å²) in [6.45, 7) is 10.1. The van der Waals surface area contributed by atoms with Gasteiger partial charge in [0, 0.05) is 17.5 Å². The minimum atomic E-state index is -0.341. The first kappa shape index (κ1) is 15.8. The molecule has 0 saturated carbocycles. The van der Waals surface area contributed by atoms with Gasteiger partial charge in [-0.1, -0.05) is 27.7 Å². The number of rotatable bonds is 6. The van der Waals surface area contributed by atoms with Crippen molar-refractivity contribution in [3.05, 3.63) is 10.6 Å². The molecule has 1 aliphatic carbocycles. The fraction of sp³-hybridized carbons (Fsp3) is 0.812. The Balaban J connectivity index is 2.28. The molecule has 0 spiro atoms. The Kier molecular flexibility index (Phi) is 5.44. The smallest absolute Gasteiger partial charge is 0.186 e. The molecular formula is C16H28N2OS. The number of aromatic nitrogens is 1. The molecule has 0 amide bonds. The van der Waals surface area contributed by atoms with Crippen LogP contribution in [0.25, 0.3) is 0 Å². The topological polar surface area (TPSA) is 36.4 Å². The van der Waals surface area contributed by atoms with Gasteiger partial charge in [0.1, 0.15) is 0 Å². The van der Waals surface area contributed by atoms with E-state index in [1.807, 2.05) is 0 Å². The quantitative estimate of drug-likeness (QED) is 0.856. The number of aliphatic hydroxyl groups is 1. The summed E-state index contributed by atoms with van der Waals surface area (Å²) in [6, 6.07) is 0.558. The minimum Gasteiger partial charge on any atom is -0.387 e. The molecule has 0 radical (unpaired) electrons. The van der Waals surface area contributed by atoms with E-state index in [0.717, 1.165) is 49.5 Å². The van der Waals surface area contributed by atoms with E-state index in [1.54, 1.807) is 11.3 Å². The van der Waals surface area contributed by atoms with E-state index in [-0.39, 0.29) is 6.10 Å². The summed E-state index contributed by atoms with van der Waals surface area (Å²) >= 11 is 1.80. The van der Waals surface area contributed by atoms with Crippen LogP contribution in [0.3, 0.4) is 0 Å².